The van der Waals surface area contributed by atoms with Crippen molar-refractivity contribution in [1.29, 1.82) is 0 Å². The fraction of sp³-hybridized carbons (Fsp3) is 0.455. The zero-order valence-corrected chi connectivity index (χ0v) is 7.75. The maximum absolute atomic E-state index is 5.57. The van der Waals surface area contributed by atoms with Crippen LogP contribution in [-0.2, 0) is 11.2 Å². The number of rotatable bonds is 4. The molecule has 1 aliphatic heterocycles. The highest BCUT2D eigenvalue weighted by Crippen LogP contribution is 2.19. The Labute approximate surface area is 78.5 Å². The first-order valence-electron chi connectivity index (χ1n) is 4.64. The number of aryl methyl sites for hydroxylation is 1. The van der Waals surface area contributed by atoms with Crippen molar-refractivity contribution in [2.45, 2.75) is 19.4 Å². The molecular weight excluding hydrogens is 164 g/mol. The third-order valence-electron chi connectivity index (χ3n) is 2.10. The Morgan fingerprint density at radius 3 is 3.23 bits per heavy atom. The van der Waals surface area contributed by atoms with Crippen LogP contribution in [0.5, 0.6) is 5.75 Å². The second kappa shape index (κ2) is 3.79. The molecule has 13 heavy (non-hydrogen) atoms. The van der Waals surface area contributed by atoms with Gasteiger partial charge < -0.3 is 9.47 Å². The molecule has 1 radical (unpaired) electrons. The summed E-state index contributed by atoms with van der Waals surface area (Å²) in [6.45, 7) is 3.62. The standard InChI is InChI=1S/C11H13O2/c1-2-9-5-3-4-6-11(9)13-8-10-7-12-10/h3-5,10H,2,7-8H2,1H3/t10-/m0/s1. The number of benzene rings is 1. The molecule has 0 aliphatic carbocycles. The molecule has 2 heteroatoms. The molecular formula is C11H13O2. The van der Waals surface area contributed by atoms with Crippen molar-refractivity contribution >= 4 is 0 Å². The van der Waals surface area contributed by atoms with E-state index in [0.29, 0.717) is 12.7 Å². The van der Waals surface area contributed by atoms with Crippen LogP contribution in [0.25, 0.3) is 0 Å². The number of hydrogen-bond acceptors (Lipinski definition) is 2. The molecule has 1 aliphatic rings. The number of epoxide rings is 1. The third kappa shape index (κ3) is 2.22. The van der Waals surface area contributed by atoms with E-state index in [1.807, 2.05) is 12.1 Å². The predicted molar refractivity (Wildman–Crippen MR) is 49.9 cm³/mol. The second-order valence-electron chi connectivity index (χ2n) is 3.14. The molecule has 2 rings (SSSR count). The molecule has 0 aromatic heterocycles. The summed E-state index contributed by atoms with van der Waals surface area (Å²) in [6, 6.07) is 9.02. The van der Waals surface area contributed by atoms with Crippen molar-refractivity contribution in [3.05, 3.63) is 29.8 Å². The lowest BCUT2D eigenvalue weighted by Crippen LogP contribution is -2.05. The fourth-order valence-electron chi connectivity index (χ4n) is 1.21. The fourth-order valence-corrected chi connectivity index (χ4v) is 1.21. The summed E-state index contributed by atoms with van der Waals surface area (Å²) in [6.07, 6.45) is 1.30. The van der Waals surface area contributed by atoms with E-state index in [1.54, 1.807) is 0 Å². The summed E-state index contributed by atoms with van der Waals surface area (Å²) in [5, 5.41) is 0. The molecule has 1 heterocycles. The average molecular weight is 177 g/mol. The SMILES string of the molecule is CCc1ccc[c]c1OC[C@@H]1CO1. The molecule has 0 unspecified atom stereocenters. The second-order valence-corrected chi connectivity index (χ2v) is 3.14. The van der Waals surface area contributed by atoms with Gasteiger partial charge in [0, 0.05) is 6.07 Å². The summed E-state index contributed by atoms with van der Waals surface area (Å²) >= 11 is 0. The number of ether oxygens (including phenoxy) is 2. The maximum atomic E-state index is 5.57. The van der Waals surface area contributed by atoms with E-state index in [9.17, 15) is 0 Å². The van der Waals surface area contributed by atoms with E-state index in [-0.39, 0.29) is 0 Å². The van der Waals surface area contributed by atoms with E-state index < -0.39 is 0 Å². The zero-order chi connectivity index (χ0) is 9.10. The highest BCUT2D eigenvalue weighted by atomic mass is 16.6. The van der Waals surface area contributed by atoms with E-state index in [1.165, 1.54) is 5.56 Å². The lowest BCUT2D eigenvalue weighted by atomic mass is 10.1. The Morgan fingerprint density at radius 1 is 1.69 bits per heavy atom. The van der Waals surface area contributed by atoms with Crippen molar-refractivity contribution < 1.29 is 9.47 Å². The average Bonchev–Trinajstić information content (AvgIpc) is 2.99. The molecule has 0 bridgehead atoms. The van der Waals surface area contributed by atoms with Gasteiger partial charge in [0.15, 0.2) is 0 Å². The van der Waals surface area contributed by atoms with Gasteiger partial charge in [-0.15, -0.1) is 0 Å². The van der Waals surface area contributed by atoms with Crippen LogP contribution in [0.15, 0.2) is 18.2 Å². The molecule has 1 saturated heterocycles. The molecule has 1 aromatic carbocycles. The van der Waals surface area contributed by atoms with Crippen LogP contribution in [0.1, 0.15) is 12.5 Å². The first kappa shape index (κ1) is 8.57. The van der Waals surface area contributed by atoms with Gasteiger partial charge in [-0.05, 0) is 12.0 Å². The largest absolute Gasteiger partial charge is 0.490 e. The monoisotopic (exact) mass is 177 g/mol. The Balaban J connectivity index is 1.99. The summed E-state index contributed by atoms with van der Waals surface area (Å²) in [7, 11) is 0. The Hall–Kier alpha value is -1.02. The first-order chi connectivity index (χ1) is 6.40. The van der Waals surface area contributed by atoms with Gasteiger partial charge in [-0.1, -0.05) is 25.1 Å². The maximum Gasteiger partial charge on any atom is 0.130 e. The highest BCUT2D eigenvalue weighted by molar-refractivity contribution is 5.31. The molecule has 1 aromatic rings. The van der Waals surface area contributed by atoms with Crippen LogP contribution >= 0.6 is 0 Å². The van der Waals surface area contributed by atoms with Gasteiger partial charge in [-0.3, -0.25) is 0 Å². The van der Waals surface area contributed by atoms with Gasteiger partial charge >= 0.3 is 0 Å². The Kier molecular flexibility index (Phi) is 2.50. The van der Waals surface area contributed by atoms with E-state index in [4.69, 9.17) is 9.47 Å². The Morgan fingerprint density at radius 2 is 2.54 bits per heavy atom. The summed E-state index contributed by atoms with van der Waals surface area (Å²) in [4.78, 5) is 0. The topological polar surface area (TPSA) is 21.8 Å². The van der Waals surface area contributed by atoms with Gasteiger partial charge in [-0.25, -0.2) is 0 Å². The van der Waals surface area contributed by atoms with Gasteiger partial charge in [0.05, 0.1) is 6.61 Å². The highest BCUT2D eigenvalue weighted by Gasteiger charge is 2.23. The molecule has 0 amide bonds. The summed E-state index contributed by atoms with van der Waals surface area (Å²) < 4.78 is 10.6. The molecule has 2 nitrogen and oxygen atoms in total. The smallest absolute Gasteiger partial charge is 0.130 e. The van der Waals surface area contributed by atoms with Gasteiger partial charge in [0.25, 0.3) is 0 Å². The number of hydrogen-bond donors (Lipinski definition) is 0. The van der Waals surface area contributed by atoms with Crippen LogP contribution in [0.3, 0.4) is 0 Å². The van der Waals surface area contributed by atoms with Crippen molar-refractivity contribution in [3.8, 4) is 5.75 Å². The summed E-state index contributed by atoms with van der Waals surface area (Å²) in [5.41, 5.74) is 1.21. The van der Waals surface area contributed by atoms with Crippen LogP contribution in [0.4, 0.5) is 0 Å². The molecule has 0 N–H and O–H groups in total. The molecule has 1 atom stereocenters. The Bertz CT molecular complexity index is 279. The van der Waals surface area contributed by atoms with Crippen molar-refractivity contribution in [1.82, 2.24) is 0 Å². The molecule has 0 saturated carbocycles. The van der Waals surface area contributed by atoms with Crippen LogP contribution in [0.2, 0.25) is 0 Å². The molecule has 1 fully saturated rings. The quantitative estimate of drug-likeness (QED) is 0.654. The predicted octanol–water partition coefficient (Wildman–Crippen LogP) is 1.83. The molecule has 69 valence electrons. The van der Waals surface area contributed by atoms with Crippen molar-refractivity contribution in [2.24, 2.45) is 0 Å². The molecule has 0 spiro atoms. The van der Waals surface area contributed by atoms with E-state index in [2.05, 4.69) is 19.1 Å². The third-order valence-corrected chi connectivity index (χ3v) is 2.10. The minimum absolute atomic E-state index is 0.318. The van der Waals surface area contributed by atoms with Crippen LogP contribution < -0.4 is 4.74 Å². The minimum Gasteiger partial charge on any atom is -0.490 e. The van der Waals surface area contributed by atoms with Crippen LogP contribution in [-0.4, -0.2) is 19.3 Å². The number of para-hydroxylation sites is 1. The minimum atomic E-state index is 0.318. The van der Waals surface area contributed by atoms with Gasteiger partial charge in [0.2, 0.25) is 0 Å². The zero-order valence-electron chi connectivity index (χ0n) is 7.75. The normalized spacial score (nSPS) is 19.9. The lowest BCUT2D eigenvalue weighted by Gasteiger charge is -2.07. The summed E-state index contributed by atoms with van der Waals surface area (Å²) in [5.74, 6) is 0.875. The van der Waals surface area contributed by atoms with E-state index >= 15 is 0 Å². The lowest BCUT2D eigenvalue weighted by molar-refractivity contribution is 0.261. The van der Waals surface area contributed by atoms with Crippen molar-refractivity contribution in [3.63, 3.8) is 0 Å². The van der Waals surface area contributed by atoms with Gasteiger partial charge in [-0.2, -0.15) is 0 Å². The van der Waals surface area contributed by atoms with E-state index in [0.717, 1.165) is 18.8 Å². The first-order valence-corrected chi connectivity index (χ1v) is 4.64. The van der Waals surface area contributed by atoms with Crippen LogP contribution in [0, 0.1) is 6.07 Å². The van der Waals surface area contributed by atoms with Crippen molar-refractivity contribution in [2.75, 3.05) is 13.2 Å². The van der Waals surface area contributed by atoms with Gasteiger partial charge in [0.1, 0.15) is 18.5 Å².